The van der Waals surface area contributed by atoms with Crippen LogP contribution in [0.15, 0.2) is 54.9 Å². The van der Waals surface area contributed by atoms with Crippen molar-refractivity contribution >= 4 is 11.9 Å². The molecular weight excluding hydrogens is 366 g/mol. The number of nitrogens with one attached hydrogen (secondary N) is 2. The van der Waals surface area contributed by atoms with Crippen molar-refractivity contribution in [1.29, 1.82) is 0 Å². The Balaban J connectivity index is 1.31. The number of para-hydroxylation sites is 1. The molecule has 2 N–H and O–H groups in total. The number of aromatic amines is 1. The van der Waals surface area contributed by atoms with Crippen molar-refractivity contribution in [1.82, 2.24) is 20.3 Å². The average Bonchev–Trinajstić information content (AvgIpc) is 3.45. The summed E-state index contributed by atoms with van der Waals surface area (Å²) in [4.78, 5) is 26.8. The summed E-state index contributed by atoms with van der Waals surface area (Å²) in [6, 6.07) is 13.8. The topological polar surface area (TPSA) is 83.1 Å². The molecule has 4 rings (SSSR count). The molecule has 1 amide bonds. The van der Waals surface area contributed by atoms with Crippen LogP contribution in [0, 0.1) is 0 Å². The third-order valence-corrected chi connectivity index (χ3v) is 5.17. The van der Waals surface area contributed by atoms with E-state index in [1.807, 2.05) is 48.7 Å². The predicted molar refractivity (Wildman–Crippen MR) is 112 cm³/mol. The number of hydrogen-bond acceptors (Lipinski definition) is 5. The van der Waals surface area contributed by atoms with Crippen LogP contribution in [0.25, 0.3) is 11.4 Å². The highest BCUT2D eigenvalue weighted by molar-refractivity contribution is 5.76. The zero-order valence-corrected chi connectivity index (χ0v) is 16.5. The van der Waals surface area contributed by atoms with Crippen molar-refractivity contribution in [2.24, 2.45) is 0 Å². The fourth-order valence-electron chi connectivity index (χ4n) is 3.66. The largest absolute Gasteiger partial charge is 0.496 e. The van der Waals surface area contributed by atoms with Gasteiger partial charge in [-0.25, -0.2) is 9.97 Å². The molecule has 0 spiro atoms. The standard InChI is InChI=1S/C22H25N5O2/c1-29-20-7-3-2-5-16(20)8-9-21(28)25-17-11-14-27(15-17)22-24-13-10-19(26-22)18-6-4-12-23-18/h2-7,10,12-13,17,23H,8-9,11,14-15H2,1H3,(H,25,28). The number of benzene rings is 1. The van der Waals surface area contributed by atoms with E-state index in [0.717, 1.165) is 35.7 Å². The monoisotopic (exact) mass is 391 g/mol. The van der Waals surface area contributed by atoms with Gasteiger partial charge >= 0.3 is 0 Å². The number of methoxy groups -OCH3 is 1. The fraction of sp³-hybridized carbons (Fsp3) is 0.318. The van der Waals surface area contributed by atoms with Crippen LogP contribution < -0.4 is 15.0 Å². The summed E-state index contributed by atoms with van der Waals surface area (Å²) in [5.41, 5.74) is 2.88. The minimum absolute atomic E-state index is 0.0591. The molecule has 1 saturated heterocycles. The fourth-order valence-corrected chi connectivity index (χ4v) is 3.66. The first-order valence-electron chi connectivity index (χ1n) is 9.86. The van der Waals surface area contributed by atoms with Crippen LogP contribution in [-0.2, 0) is 11.2 Å². The van der Waals surface area contributed by atoms with E-state index >= 15 is 0 Å². The van der Waals surface area contributed by atoms with E-state index in [0.29, 0.717) is 25.3 Å². The molecular formula is C22H25N5O2. The number of ether oxygens (including phenoxy) is 1. The molecule has 1 aliphatic heterocycles. The van der Waals surface area contributed by atoms with Crippen molar-refractivity contribution in [3.05, 3.63) is 60.4 Å². The number of aryl methyl sites for hydroxylation is 1. The van der Waals surface area contributed by atoms with E-state index < -0.39 is 0 Å². The van der Waals surface area contributed by atoms with E-state index in [1.54, 1.807) is 13.3 Å². The normalized spacial score (nSPS) is 16.0. The van der Waals surface area contributed by atoms with Crippen LogP contribution in [0.4, 0.5) is 5.95 Å². The molecule has 0 bridgehead atoms. The van der Waals surface area contributed by atoms with Crippen LogP contribution in [0.1, 0.15) is 18.4 Å². The molecule has 2 aromatic heterocycles. The molecule has 3 aromatic rings. The maximum atomic E-state index is 12.4. The number of nitrogens with zero attached hydrogens (tertiary/aromatic N) is 3. The lowest BCUT2D eigenvalue weighted by Crippen LogP contribution is -2.37. The first kappa shape index (κ1) is 19.0. The summed E-state index contributed by atoms with van der Waals surface area (Å²) in [6.07, 6.45) is 5.64. The lowest BCUT2D eigenvalue weighted by Gasteiger charge is -2.17. The van der Waals surface area contributed by atoms with E-state index in [4.69, 9.17) is 4.74 Å². The van der Waals surface area contributed by atoms with Gasteiger partial charge in [-0.15, -0.1) is 0 Å². The Bertz CT molecular complexity index is 957. The quantitative estimate of drug-likeness (QED) is 0.647. The van der Waals surface area contributed by atoms with Crippen molar-refractivity contribution in [3.63, 3.8) is 0 Å². The van der Waals surface area contributed by atoms with Gasteiger partial charge in [0.2, 0.25) is 11.9 Å². The van der Waals surface area contributed by atoms with E-state index in [9.17, 15) is 4.79 Å². The van der Waals surface area contributed by atoms with Gasteiger partial charge < -0.3 is 19.9 Å². The summed E-state index contributed by atoms with van der Waals surface area (Å²) in [7, 11) is 1.65. The van der Waals surface area contributed by atoms with Crippen molar-refractivity contribution in [2.45, 2.75) is 25.3 Å². The smallest absolute Gasteiger partial charge is 0.225 e. The van der Waals surface area contributed by atoms with E-state index in [1.165, 1.54) is 0 Å². The van der Waals surface area contributed by atoms with Gasteiger partial charge in [0, 0.05) is 37.9 Å². The second-order valence-electron chi connectivity index (χ2n) is 7.14. The molecule has 1 atom stereocenters. The van der Waals surface area contributed by atoms with Gasteiger partial charge in [0.25, 0.3) is 0 Å². The second kappa shape index (κ2) is 8.77. The SMILES string of the molecule is COc1ccccc1CCC(=O)NC1CCN(c2nccc(-c3ccc[nH]3)n2)C1. The Morgan fingerprint density at radius 3 is 3.00 bits per heavy atom. The highest BCUT2D eigenvalue weighted by Gasteiger charge is 2.25. The van der Waals surface area contributed by atoms with Gasteiger partial charge in [-0.2, -0.15) is 0 Å². The number of rotatable bonds is 7. The van der Waals surface area contributed by atoms with Gasteiger partial charge in [-0.3, -0.25) is 4.79 Å². The number of carbonyl (C=O) groups is 1. The van der Waals surface area contributed by atoms with Crippen LogP contribution in [-0.4, -0.2) is 47.1 Å². The third-order valence-electron chi connectivity index (χ3n) is 5.17. The zero-order valence-electron chi connectivity index (χ0n) is 16.5. The third kappa shape index (κ3) is 4.56. The molecule has 0 radical (unpaired) electrons. The van der Waals surface area contributed by atoms with Gasteiger partial charge in [-0.1, -0.05) is 18.2 Å². The molecule has 29 heavy (non-hydrogen) atoms. The van der Waals surface area contributed by atoms with Crippen LogP contribution in [0.2, 0.25) is 0 Å². The molecule has 1 fully saturated rings. The van der Waals surface area contributed by atoms with Gasteiger partial charge in [0.05, 0.1) is 18.5 Å². The van der Waals surface area contributed by atoms with Crippen molar-refractivity contribution < 1.29 is 9.53 Å². The molecule has 150 valence electrons. The minimum Gasteiger partial charge on any atom is -0.496 e. The number of anilines is 1. The molecule has 1 unspecified atom stereocenters. The van der Waals surface area contributed by atoms with E-state index in [-0.39, 0.29) is 11.9 Å². The number of carbonyl (C=O) groups excluding carboxylic acids is 1. The predicted octanol–water partition coefficient (Wildman–Crippen LogP) is 2.81. The first-order valence-corrected chi connectivity index (χ1v) is 9.86. The first-order chi connectivity index (χ1) is 14.2. The van der Waals surface area contributed by atoms with Crippen LogP contribution >= 0.6 is 0 Å². The highest BCUT2D eigenvalue weighted by Crippen LogP contribution is 2.21. The van der Waals surface area contributed by atoms with Gasteiger partial charge in [0.15, 0.2) is 0 Å². The van der Waals surface area contributed by atoms with Crippen LogP contribution in [0.3, 0.4) is 0 Å². The lowest BCUT2D eigenvalue weighted by molar-refractivity contribution is -0.121. The number of aromatic nitrogens is 3. The summed E-state index contributed by atoms with van der Waals surface area (Å²) >= 11 is 0. The lowest BCUT2D eigenvalue weighted by atomic mass is 10.1. The Kier molecular flexibility index (Phi) is 5.74. The molecule has 3 heterocycles. The summed E-state index contributed by atoms with van der Waals surface area (Å²) < 4.78 is 5.36. The molecule has 7 nitrogen and oxygen atoms in total. The average molecular weight is 391 g/mol. The Labute approximate surface area is 170 Å². The van der Waals surface area contributed by atoms with Gasteiger partial charge in [0.1, 0.15) is 5.75 Å². The number of H-pyrrole nitrogens is 1. The second-order valence-corrected chi connectivity index (χ2v) is 7.14. The molecule has 0 saturated carbocycles. The van der Waals surface area contributed by atoms with Crippen LogP contribution in [0.5, 0.6) is 5.75 Å². The zero-order chi connectivity index (χ0) is 20.1. The molecule has 1 aliphatic rings. The number of hydrogen-bond donors (Lipinski definition) is 2. The maximum Gasteiger partial charge on any atom is 0.225 e. The van der Waals surface area contributed by atoms with Crippen molar-refractivity contribution in [2.75, 3.05) is 25.1 Å². The highest BCUT2D eigenvalue weighted by atomic mass is 16.5. The summed E-state index contributed by atoms with van der Waals surface area (Å²) in [6.45, 7) is 1.54. The van der Waals surface area contributed by atoms with E-state index in [2.05, 4.69) is 25.2 Å². The summed E-state index contributed by atoms with van der Waals surface area (Å²) in [5.74, 6) is 1.58. The van der Waals surface area contributed by atoms with Crippen molar-refractivity contribution in [3.8, 4) is 17.1 Å². The molecule has 1 aromatic carbocycles. The molecule has 0 aliphatic carbocycles. The Morgan fingerprint density at radius 1 is 1.28 bits per heavy atom. The molecule has 7 heteroatoms. The maximum absolute atomic E-state index is 12.4. The van der Waals surface area contributed by atoms with Gasteiger partial charge in [-0.05, 0) is 42.7 Å². The number of amides is 1. The summed E-state index contributed by atoms with van der Waals surface area (Å²) in [5, 5.41) is 3.15. The minimum atomic E-state index is 0.0591. The Morgan fingerprint density at radius 2 is 2.17 bits per heavy atom. The Hall–Kier alpha value is -3.35.